The number of hydrogen-bond acceptors (Lipinski definition) is 4. The second kappa shape index (κ2) is 9.70. The normalized spacial score (nSPS) is 14.1. The maximum absolute atomic E-state index is 13.4. The van der Waals surface area contributed by atoms with Gasteiger partial charge in [0, 0.05) is 41.4 Å². The number of benzene rings is 2. The van der Waals surface area contributed by atoms with Gasteiger partial charge in [-0.2, -0.15) is 0 Å². The van der Waals surface area contributed by atoms with E-state index in [4.69, 9.17) is 4.98 Å². The Morgan fingerprint density at radius 2 is 1.84 bits per heavy atom. The molecule has 37 heavy (non-hydrogen) atoms. The van der Waals surface area contributed by atoms with Crippen molar-refractivity contribution in [2.45, 2.75) is 53.1 Å². The summed E-state index contributed by atoms with van der Waals surface area (Å²) in [5.74, 6) is -2.14. The SMILES string of the molecule is Cc1ccc(-c2cn3c4c(sc3n2)CN(C(=O)[C@@H](C)NC(=O)Cc2cc(F)cc(F)c2)CC4)c(C)c1C. The summed E-state index contributed by atoms with van der Waals surface area (Å²) in [7, 11) is 0. The van der Waals surface area contributed by atoms with Gasteiger partial charge in [0.1, 0.15) is 17.7 Å². The molecule has 0 fully saturated rings. The maximum Gasteiger partial charge on any atom is 0.245 e. The van der Waals surface area contributed by atoms with Crippen LogP contribution in [0.3, 0.4) is 0 Å². The zero-order valence-electron chi connectivity index (χ0n) is 21.2. The molecule has 3 heterocycles. The first-order chi connectivity index (χ1) is 17.6. The zero-order valence-corrected chi connectivity index (χ0v) is 22.0. The van der Waals surface area contributed by atoms with Crippen molar-refractivity contribution < 1.29 is 18.4 Å². The number of thiazole rings is 1. The highest BCUT2D eigenvalue weighted by Crippen LogP contribution is 2.33. The highest BCUT2D eigenvalue weighted by Gasteiger charge is 2.29. The number of hydrogen-bond donors (Lipinski definition) is 1. The van der Waals surface area contributed by atoms with Crippen LogP contribution in [0.5, 0.6) is 0 Å². The number of carbonyl (C=O) groups excluding carboxylic acids is 2. The van der Waals surface area contributed by atoms with Crippen LogP contribution in [0.4, 0.5) is 8.78 Å². The lowest BCUT2D eigenvalue weighted by Gasteiger charge is -2.29. The fourth-order valence-corrected chi connectivity index (χ4v) is 6.05. The molecule has 0 bridgehead atoms. The number of imidazole rings is 1. The first kappa shape index (κ1) is 25.1. The van der Waals surface area contributed by atoms with Crippen molar-refractivity contribution >= 4 is 28.1 Å². The van der Waals surface area contributed by atoms with Crippen LogP contribution in [-0.4, -0.2) is 38.7 Å². The van der Waals surface area contributed by atoms with Crippen LogP contribution in [0.2, 0.25) is 0 Å². The number of nitrogens with zero attached hydrogens (tertiary/aromatic N) is 3. The molecule has 1 aliphatic heterocycles. The molecule has 9 heteroatoms. The summed E-state index contributed by atoms with van der Waals surface area (Å²) in [6, 6.07) is 6.47. The molecule has 0 aliphatic carbocycles. The Morgan fingerprint density at radius 1 is 1.11 bits per heavy atom. The lowest BCUT2D eigenvalue weighted by atomic mass is 9.97. The number of carbonyl (C=O) groups is 2. The van der Waals surface area contributed by atoms with Crippen LogP contribution in [0.15, 0.2) is 36.5 Å². The molecule has 0 spiro atoms. The molecule has 192 valence electrons. The van der Waals surface area contributed by atoms with E-state index in [0.717, 1.165) is 45.0 Å². The first-order valence-electron chi connectivity index (χ1n) is 12.2. The zero-order chi connectivity index (χ0) is 26.4. The van der Waals surface area contributed by atoms with Crippen molar-refractivity contribution in [3.63, 3.8) is 0 Å². The number of nitrogens with one attached hydrogen (secondary N) is 1. The molecule has 2 aromatic carbocycles. The molecule has 2 amide bonds. The number of fused-ring (bicyclic) bond motifs is 3. The Labute approximate surface area is 217 Å². The predicted octanol–water partition coefficient (Wildman–Crippen LogP) is 4.90. The van der Waals surface area contributed by atoms with Gasteiger partial charge in [-0.15, -0.1) is 0 Å². The van der Waals surface area contributed by atoms with Gasteiger partial charge >= 0.3 is 0 Å². The minimum atomic E-state index is -0.754. The van der Waals surface area contributed by atoms with Crippen LogP contribution in [0, 0.1) is 32.4 Å². The largest absolute Gasteiger partial charge is 0.344 e. The van der Waals surface area contributed by atoms with E-state index in [9.17, 15) is 18.4 Å². The number of aryl methyl sites for hydroxylation is 1. The second-order valence-corrected chi connectivity index (χ2v) is 10.7. The van der Waals surface area contributed by atoms with E-state index in [1.54, 1.807) is 23.2 Å². The minimum Gasteiger partial charge on any atom is -0.344 e. The summed E-state index contributed by atoms with van der Waals surface area (Å²) in [5.41, 5.74) is 7.22. The number of halogens is 2. The predicted molar refractivity (Wildman–Crippen MR) is 140 cm³/mol. The topological polar surface area (TPSA) is 66.7 Å². The van der Waals surface area contributed by atoms with Crippen LogP contribution in [-0.2, 0) is 29.0 Å². The molecule has 1 aliphatic rings. The highest BCUT2D eigenvalue weighted by atomic mass is 32.1. The Kier molecular flexibility index (Phi) is 6.58. The van der Waals surface area contributed by atoms with E-state index in [2.05, 4.69) is 48.8 Å². The third kappa shape index (κ3) is 4.87. The average molecular weight is 523 g/mol. The van der Waals surface area contributed by atoms with Gasteiger partial charge in [0.2, 0.25) is 11.8 Å². The second-order valence-electron chi connectivity index (χ2n) is 9.68. The van der Waals surface area contributed by atoms with E-state index in [-0.39, 0.29) is 17.9 Å². The Bertz CT molecular complexity index is 1520. The quantitative estimate of drug-likeness (QED) is 0.406. The van der Waals surface area contributed by atoms with Gasteiger partial charge in [-0.05, 0) is 62.1 Å². The summed E-state index contributed by atoms with van der Waals surface area (Å²) in [5, 5.41) is 2.66. The fourth-order valence-electron chi connectivity index (χ4n) is 4.89. The fraction of sp³-hybridized carbons (Fsp3) is 0.321. The lowest BCUT2D eigenvalue weighted by molar-refractivity contribution is -0.136. The summed E-state index contributed by atoms with van der Waals surface area (Å²) in [4.78, 5) is 34.1. The van der Waals surface area contributed by atoms with Gasteiger partial charge in [0.25, 0.3) is 0 Å². The number of amides is 2. The van der Waals surface area contributed by atoms with Crippen molar-refractivity contribution in [1.82, 2.24) is 19.6 Å². The molecule has 0 unspecified atom stereocenters. The minimum absolute atomic E-state index is 0.193. The Hall–Kier alpha value is -3.59. The first-order valence-corrected chi connectivity index (χ1v) is 13.0. The van der Waals surface area contributed by atoms with E-state index >= 15 is 0 Å². The van der Waals surface area contributed by atoms with Crippen LogP contribution >= 0.6 is 11.3 Å². The van der Waals surface area contributed by atoms with Gasteiger partial charge < -0.3 is 10.2 Å². The third-order valence-electron chi connectivity index (χ3n) is 7.13. The van der Waals surface area contributed by atoms with Crippen molar-refractivity contribution in [2.24, 2.45) is 0 Å². The van der Waals surface area contributed by atoms with Crippen molar-refractivity contribution in [3.8, 4) is 11.3 Å². The summed E-state index contributed by atoms with van der Waals surface area (Å²) in [6.07, 6.45) is 2.56. The Morgan fingerprint density at radius 3 is 2.57 bits per heavy atom. The standard InChI is InChI=1S/C28H28F2N4O2S/c1-15-5-6-22(17(3)16(15)2)23-13-34-24-7-8-33(14-25(24)37-28(34)32-23)27(36)18(4)31-26(35)11-19-9-20(29)12-21(30)10-19/h5-6,9-10,12-13,18H,7-8,11,14H2,1-4H3,(H,31,35)/t18-/m1/s1. The van der Waals surface area contributed by atoms with Gasteiger partial charge in [-0.25, -0.2) is 13.8 Å². The maximum atomic E-state index is 13.4. The molecule has 0 saturated heterocycles. The highest BCUT2D eigenvalue weighted by molar-refractivity contribution is 7.17. The van der Waals surface area contributed by atoms with Gasteiger partial charge in [-0.1, -0.05) is 23.5 Å². The van der Waals surface area contributed by atoms with Gasteiger partial charge in [0.05, 0.1) is 18.7 Å². The average Bonchev–Trinajstić information content (AvgIpc) is 3.38. The van der Waals surface area contributed by atoms with E-state index in [0.29, 0.717) is 19.5 Å². The summed E-state index contributed by atoms with van der Waals surface area (Å²) >= 11 is 1.58. The molecule has 4 aromatic rings. The van der Waals surface area contributed by atoms with Gasteiger partial charge in [0.15, 0.2) is 4.96 Å². The van der Waals surface area contributed by atoms with Crippen molar-refractivity contribution in [2.75, 3.05) is 6.54 Å². The lowest BCUT2D eigenvalue weighted by Crippen LogP contribution is -2.48. The molecular weight excluding hydrogens is 494 g/mol. The number of rotatable bonds is 5. The molecule has 6 nitrogen and oxygen atoms in total. The third-order valence-corrected chi connectivity index (χ3v) is 8.22. The monoisotopic (exact) mass is 522 g/mol. The number of aromatic nitrogens is 2. The molecule has 5 rings (SSSR count). The van der Waals surface area contributed by atoms with Crippen LogP contribution in [0.25, 0.3) is 16.2 Å². The van der Waals surface area contributed by atoms with Crippen LogP contribution in [0.1, 0.15) is 39.7 Å². The van der Waals surface area contributed by atoms with Crippen molar-refractivity contribution in [1.29, 1.82) is 0 Å². The molecular formula is C28H28F2N4O2S. The van der Waals surface area contributed by atoms with Crippen LogP contribution < -0.4 is 5.32 Å². The van der Waals surface area contributed by atoms with Crippen molar-refractivity contribution in [3.05, 3.63) is 81.0 Å². The Balaban J connectivity index is 1.27. The summed E-state index contributed by atoms with van der Waals surface area (Å²) in [6.45, 7) is 8.98. The molecule has 0 radical (unpaired) electrons. The van der Waals surface area contributed by atoms with E-state index in [1.807, 2.05) is 0 Å². The van der Waals surface area contributed by atoms with E-state index in [1.165, 1.54) is 16.7 Å². The smallest absolute Gasteiger partial charge is 0.245 e. The molecule has 1 atom stereocenters. The summed E-state index contributed by atoms with van der Waals surface area (Å²) < 4.78 is 28.9. The molecule has 0 saturated carbocycles. The van der Waals surface area contributed by atoms with Gasteiger partial charge in [-0.3, -0.25) is 14.0 Å². The molecule has 1 N–H and O–H groups in total. The molecule has 2 aromatic heterocycles. The van der Waals surface area contributed by atoms with E-state index < -0.39 is 23.6 Å².